The number of aliphatic hydroxyl groups excluding tert-OH is 1. The first-order chi connectivity index (χ1) is 7.40. The van der Waals surface area contributed by atoms with Crippen molar-refractivity contribution in [2.45, 2.75) is 12.8 Å². The molecule has 0 fully saturated rings. The van der Waals surface area contributed by atoms with Crippen molar-refractivity contribution in [3.8, 4) is 10.7 Å². The van der Waals surface area contributed by atoms with Crippen LogP contribution in [0.3, 0.4) is 0 Å². The fraction of sp³-hybridized carbons (Fsp3) is 0.300. The Kier molecular flexibility index (Phi) is 3.37. The number of hydrogen-bond donors (Lipinski definition) is 1. The van der Waals surface area contributed by atoms with Crippen LogP contribution in [0.5, 0.6) is 0 Å². The Bertz CT molecular complexity index is 416. The first-order valence-electron chi connectivity index (χ1n) is 4.75. The Hall–Kier alpha value is -1.33. The molecule has 0 saturated carbocycles. The summed E-state index contributed by atoms with van der Waals surface area (Å²) in [6, 6.07) is 5.71. The average molecular weight is 221 g/mol. The molecule has 1 N–H and O–H groups in total. The minimum atomic E-state index is 0.193. The molecule has 2 aromatic heterocycles. The summed E-state index contributed by atoms with van der Waals surface area (Å²) in [5.41, 5.74) is 0.852. The third kappa shape index (κ3) is 2.57. The van der Waals surface area contributed by atoms with Crippen molar-refractivity contribution < 1.29 is 5.11 Å². The Morgan fingerprint density at radius 3 is 2.93 bits per heavy atom. The lowest BCUT2D eigenvalue weighted by Gasteiger charge is -1.91. The summed E-state index contributed by atoms with van der Waals surface area (Å²) in [4.78, 5) is 4.20. The van der Waals surface area contributed by atoms with Gasteiger partial charge in [0.15, 0.2) is 5.01 Å². The lowest BCUT2D eigenvalue weighted by atomic mass is 10.3. The van der Waals surface area contributed by atoms with Crippen LogP contribution in [0.15, 0.2) is 24.4 Å². The van der Waals surface area contributed by atoms with Crippen LogP contribution in [0.4, 0.5) is 0 Å². The van der Waals surface area contributed by atoms with Crippen LogP contribution >= 0.6 is 11.3 Å². The van der Waals surface area contributed by atoms with E-state index in [-0.39, 0.29) is 6.61 Å². The van der Waals surface area contributed by atoms with Crippen molar-refractivity contribution in [3.05, 3.63) is 29.4 Å². The largest absolute Gasteiger partial charge is 0.396 e. The van der Waals surface area contributed by atoms with Gasteiger partial charge in [-0.15, -0.1) is 10.2 Å². The normalized spacial score (nSPS) is 10.5. The predicted octanol–water partition coefficient (Wildman–Crippen LogP) is 1.52. The smallest absolute Gasteiger partial charge is 0.166 e. The van der Waals surface area contributed by atoms with E-state index in [0.717, 1.165) is 28.6 Å². The number of pyridine rings is 1. The third-order valence-corrected chi connectivity index (χ3v) is 2.91. The summed E-state index contributed by atoms with van der Waals surface area (Å²) in [7, 11) is 0. The lowest BCUT2D eigenvalue weighted by Crippen LogP contribution is -1.87. The highest BCUT2D eigenvalue weighted by Crippen LogP contribution is 2.21. The van der Waals surface area contributed by atoms with E-state index in [1.807, 2.05) is 18.2 Å². The molecule has 2 rings (SSSR count). The molecule has 0 aliphatic carbocycles. The van der Waals surface area contributed by atoms with Crippen LogP contribution in [0.2, 0.25) is 0 Å². The summed E-state index contributed by atoms with van der Waals surface area (Å²) in [6.45, 7) is 0.193. The van der Waals surface area contributed by atoms with Crippen molar-refractivity contribution in [2.24, 2.45) is 0 Å². The molecule has 0 amide bonds. The van der Waals surface area contributed by atoms with Gasteiger partial charge in [0.05, 0.1) is 0 Å². The molecule has 0 unspecified atom stereocenters. The molecule has 4 nitrogen and oxygen atoms in total. The van der Waals surface area contributed by atoms with Gasteiger partial charge in [0.25, 0.3) is 0 Å². The van der Waals surface area contributed by atoms with Crippen LogP contribution in [-0.2, 0) is 6.42 Å². The molecule has 0 atom stereocenters. The van der Waals surface area contributed by atoms with Crippen molar-refractivity contribution in [3.63, 3.8) is 0 Å². The van der Waals surface area contributed by atoms with Crippen molar-refractivity contribution in [2.75, 3.05) is 6.61 Å². The molecule has 5 heteroatoms. The fourth-order valence-electron chi connectivity index (χ4n) is 1.18. The monoisotopic (exact) mass is 221 g/mol. The molecule has 15 heavy (non-hydrogen) atoms. The van der Waals surface area contributed by atoms with Gasteiger partial charge in [-0.05, 0) is 18.6 Å². The highest BCUT2D eigenvalue weighted by atomic mass is 32.1. The Balaban J connectivity index is 2.14. The number of rotatable bonds is 4. The van der Waals surface area contributed by atoms with Crippen molar-refractivity contribution in [1.29, 1.82) is 0 Å². The van der Waals surface area contributed by atoms with Crippen LogP contribution in [0.1, 0.15) is 11.4 Å². The second-order valence-electron chi connectivity index (χ2n) is 3.04. The zero-order chi connectivity index (χ0) is 10.5. The molecule has 0 aromatic carbocycles. The molecule has 78 valence electrons. The minimum Gasteiger partial charge on any atom is -0.396 e. The molecule has 0 spiro atoms. The number of hydrogen-bond acceptors (Lipinski definition) is 5. The molecule has 0 saturated heterocycles. The number of aliphatic hydroxyl groups is 1. The predicted molar refractivity (Wildman–Crippen MR) is 58.5 cm³/mol. The molecular weight excluding hydrogens is 210 g/mol. The van der Waals surface area contributed by atoms with Gasteiger partial charge in [0.1, 0.15) is 10.7 Å². The first kappa shape index (κ1) is 10.2. The highest BCUT2D eigenvalue weighted by Gasteiger charge is 2.06. The zero-order valence-electron chi connectivity index (χ0n) is 8.13. The molecule has 2 heterocycles. The highest BCUT2D eigenvalue weighted by molar-refractivity contribution is 7.14. The Labute approximate surface area is 91.6 Å². The summed E-state index contributed by atoms with van der Waals surface area (Å²) in [5.74, 6) is 0. The number of aromatic nitrogens is 3. The van der Waals surface area contributed by atoms with Gasteiger partial charge in [0, 0.05) is 19.2 Å². The quantitative estimate of drug-likeness (QED) is 0.850. The average Bonchev–Trinajstić information content (AvgIpc) is 2.76. The summed E-state index contributed by atoms with van der Waals surface area (Å²) in [6.07, 6.45) is 3.25. The molecule has 0 bridgehead atoms. The van der Waals surface area contributed by atoms with Gasteiger partial charge in [-0.1, -0.05) is 17.4 Å². The number of aryl methyl sites for hydroxylation is 1. The van der Waals surface area contributed by atoms with Gasteiger partial charge in [-0.3, -0.25) is 4.98 Å². The molecule has 0 aliphatic rings. The fourth-order valence-corrected chi connectivity index (χ4v) is 2.04. The lowest BCUT2D eigenvalue weighted by molar-refractivity contribution is 0.288. The maximum absolute atomic E-state index is 8.70. The Morgan fingerprint density at radius 1 is 1.27 bits per heavy atom. The zero-order valence-corrected chi connectivity index (χ0v) is 8.94. The van der Waals surface area contributed by atoms with Gasteiger partial charge in [-0.25, -0.2) is 0 Å². The maximum atomic E-state index is 8.70. The summed E-state index contributed by atoms with van der Waals surface area (Å²) >= 11 is 1.53. The van der Waals surface area contributed by atoms with E-state index in [9.17, 15) is 0 Å². The third-order valence-electron chi connectivity index (χ3n) is 1.90. The second kappa shape index (κ2) is 4.95. The van der Waals surface area contributed by atoms with Gasteiger partial charge in [0.2, 0.25) is 0 Å². The van der Waals surface area contributed by atoms with E-state index in [1.165, 1.54) is 11.3 Å². The van der Waals surface area contributed by atoms with Crippen LogP contribution < -0.4 is 0 Å². The first-order valence-corrected chi connectivity index (χ1v) is 5.56. The second-order valence-corrected chi connectivity index (χ2v) is 4.11. The minimum absolute atomic E-state index is 0.193. The number of nitrogens with zero attached hydrogens (tertiary/aromatic N) is 3. The van der Waals surface area contributed by atoms with Crippen LogP contribution in [-0.4, -0.2) is 26.9 Å². The Morgan fingerprint density at radius 2 is 2.20 bits per heavy atom. The van der Waals surface area contributed by atoms with Gasteiger partial charge >= 0.3 is 0 Å². The molecule has 0 aliphatic heterocycles. The van der Waals surface area contributed by atoms with E-state index in [0.29, 0.717) is 0 Å². The van der Waals surface area contributed by atoms with Crippen LogP contribution in [0, 0.1) is 0 Å². The van der Waals surface area contributed by atoms with Crippen LogP contribution in [0.25, 0.3) is 10.7 Å². The van der Waals surface area contributed by atoms with E-state index in [4.69, 9.17) is 5.11 Å². The van der Waals surface area contributed by atoms with Crippen molar-refractivity contribution in [1.82, 2.24) is 15.2 Å². The van der Waals surface area contributed by atoms with E-state index in [2.05, 4.69) is 15.2 Å². The topological polar surface area (TPSA) is 58.9 Å². The summed E-state index contributed by atoms with van der Waals surface area (Å²) in [5, 5.41) is 18.6. The maximum Gasteiger partial charge on any atom is 0.166 e. The van der Waals surface area contributed by atoms with Gasteiger partial charge < -0.3 is 5.11 Å². The molecule has 2 aromatic rings. The van der Waals surface area contributed by atoms with Crippen molar-refractivity contribution >= 4 is 11.3 Å². The molecule has 0 radical (unpaired) electrons. The molecular formula is C10H11N3OS. The van der Waals surface area contributed by atoms with E-state index in [1.54, 1.807) is 6.20 Å². The van der Waals surface area contributed by atoms with E-state index < -0.39 is 0 Å². The van der Waals surface area contributed by atoms with E-state index >= 15 is 0 Å². The summed E-state index contributed by atoms with van der Waals surface area (Å²) < 4.78 is 0. The SMILES string of the molecule is OCCCc1nnc(-c2ccccn2)s1. The van der Waals surface area contributed by atoms with Gasteiger partial charge in [-0.2, -0.15) is 0 Å². The standard InChI is InChI=1S/C10H11N3OS/c14-7-3-5-9-12-13-10(15-9)8-4-1-2-6-11-8/h1-2,4,6,14H,3,5,7H2.